The van der Waals surface area contributed by atoms with Crippen molar-refractivity contribution in [2.45, 2.75) is 19.4 Å². The maximum Gasteiger partial charge on any atom is 0.226 e. The molecule has 0 bridgehead atoms. The summed E-state index contributed by atoms with van der Waals surface area (Å²) in [5, 5.41) is 11.6. The number of para-hydroxylation sites is 1. The number of anilines is 1. The van der Waals surface area contributed by atoms with Crippen molar-refractivity contribution in [3.63, 3.8) is 0 Å². The molecule has 3 nitrogen and oxygen atoms in total. The fourth-order valence-electron chi connectivity index (χ4n) is 1.00. The Balaban J connectivity index is 2.46. The molecule has 0 aromatic heterocycles. The Morgan fingerprint density at radius 1 is 1.46 bits per heavy atom. The van der Waals surface area contributed by atoms with Gasteiger partial charge in [-0.15, -0.1) is 0 Å². The van der Waals surface area contributed by atoms with Crippen LogP contribution in [0.5, 0.6) is 0 Å². The molecule has 70 valence electrons. The summed E-state index contributed by atoms with van der Waals surface area (Å²) in [4.78, 5) is 11.2. The average molecular weight is 179 g/mol. The van der Waals surface area contributed by atoms with Crippen LogP contribution in [-0.4, -0.2) is 17.1 Å². The minimum absolute atomic E-state index is 0.134. The minimum Gasteiger partial charge on any atom is -0.393 e. The van der Waals surface area contributed by atoms with Gasteiger partial charge < -0.3 is 10.4 Å². The van der Waals surface area contributed by atoms with E-state index in [1.807, 2.05) is 18.2 Å². The van der Waals surface area contributed by atoms with Gasteiger partial charge in [-0.1, -0.05) is 18.2 Å². The predicted octanol–water partition coefficient (Wildman–Crippen LogP) is 1.40. The number of amides is 1. The zero-order valence-electron chi connectivity index (χ0n) is 7.53. The summed E-state index contributed by atoms with van der Waals surface area (Å²) in [6, 6.07) is 9.18. The molecule has 0 fully saturated rings. The summed E-state index contributed by atoms with van der Waals surface area (Å²) in [6.07, 6.45) is -0.460. The number of hydrogen-bond acceptors (Lipinski definition) is 2. The Hall–Kier alpha value is -1.35. The molecule has 0 aliphatic heterocycles. The van der Waals surface area contributed by atoms with E-state index in [1.54, 1.807) is 19.1 Å². The second kappa shape index (κ2) is 4.62. The van der Waals surface area contributed by atoms with E-state index in [1.165, 1.54) is 0 Å². The lowest BCUT2D eigenvalue weighted by Crippen LogP contribution is -2.17. The molecule has 1 aromatic rings. The van der Waals surface area contributed by atoms with Gasteiger partial charge in [-0.3, -0.25) is 4.79 Å². The quantitative estimate of drug-likeness (QED) is 0.736. The van der Waals surface area contributed by atoms with Crippen LogP contribution in [0.4, 0.5) is 5.69 Å². The SMILES string of the molecule is CC(O)CC(=O)Nc1ccccc1. The lowest BCUT2D eigenvalue weighted by atomic mass is 10.2. The molecule has 0 aliphatic carbocycles. The molecule has 0 saturated carbocycles. The molecule has 0 heterocycles. The molecule has 0 radical (unpaired) electrons. The smallest absolute Gasteiger partial charge is 0.226 e. The van der Waals surface area contributed by atoms with Gasteiger partial charge >= 0.3 is 0 Å². The molecule has 0 spiro atoms. The lowest BCUT2D eigenvalue weighted by Gasteiger charge is -2.05. The predicted molar refractivity (Wildman–Crippen MR) is 51.4 cm³/mol. The van der Waals surface area contributed by atoms with Crippen LogP contribution in [0.2, 0.25) is 0 Å². The molecular weight excluding hydrogens is 166 g/mol. The van der Waals surface area contributed by atoms with Crippen LogP contribution in [0.15, 0.2) is 30.3 Å². The summed E-state index contributed by atoms with van der Waals surface area (Å²) >= 11 is 0. The Bertz CT molecular complexity index is 270. The number of benzene rings is 1. The number of aliphatic hydroxyl groups excluding tert-OH is 1. The highest BCUT2D eigenvalue weighted by molar-refractivity contribution is 5.90. The molecule has 0 saturated heterocycles. The van der Waals surface area contributed by atoms with Gasteiger partial charge in [0.25, 0.3) is 0 Å². The summed E-state index contributed by atoms with van der Waals surface area (Å²) < 4.78 is 0. The molecule has 1 rings (SSSR count). The molecule has 1 aromatic carbocycles. The number of rotatable bonds is 3. The topological polar surface area (TPSA) is 49.3 Å². The zero-order chi connectivity index (χ0) is 9.68. The fraction of sp³-hybridized carbons (Fsp3) is 0.300. The van der Waals surface area contributed by atoms with Gasteiger partial charge in [-0.05, 0) is 19.1 Å². The summed E-state index contributed by atoms with van der Waals surface area (Å²) in [7, 11) is 0. The van der Waals surface area contributed by atoms with Crippen LogP contribution in [0.1, 0.15) is 13.3 Å². The largest absolute Gasteiger partial charge is 0.393 e. The van der Waals surface area contributed by atoms with Gasteiger partial charge in [0.05, 0.1) is 12.5 Å². The maximum absolute atomic E-state index is 11.2. The number of aliphatic hydroxyl groups is 1. The van der Waals surface area contributed by atoms with Crippen molar-refractivity contribution in [2.24, 2.45) is 0 Å². The van der Waals surface area contributed by atoms with Crippen LogP contribution in [0.25, 0.3) is 0 Å². The second-order valence-electron chi connectivity index (χ2n) is 2.97. The van der Waals surface area contributed by atoms with E-state index in [2.05, 4.69) is 5.32 Å². The lowest BCUT2D eigenvalue weighted by molar-refractivity contribution is -0.117. The normalized spacial score (nSPS) is 12.2. The molecule has 13 heavy (non-hydrogen) atoms. The molecule has 2 N–H and O–H groups in total. The first-order valence-corrected chi connectivity index (χ1v) is 4.21. The van der Waals surface area contributed by atoms with Crippen LogP contribution in [0, 0.1) is 0 Å². The van der Waals surface area contributed by atoms with E-state index >= 15 is 0 Å². The summed E-state index contributed by atoms with van der Waals surface area (Å²) in [5.41, 5.74) is 0.758. The van der Waals surface area contributed by atoms with Gasteiger partial charge in [-0.25, -0.2) is 0 Å². The van der Waals surface area contributed by atoms with Crippen LogP contribution >= 0.6 is 0 Å². The Morgan fingerprint density at radius 3 is 2.62 bits per heavy atom. The highest BCUT2D eigenvalue weighted by atomic mass is 16.3. The zero-order valence-corrected chi connectivity index (χ0v) is 7.53. The van der Waals surface area contributed by atoms with Crippen molar-refractivity contribution in [3.05, 3.63) is 30.3 Å². The third-order valence-corrected chi connectivity index (χ3v) is 1.54. The van der Waals surface area contributed by atoms with Crippen molar-refractivity contribution in [1.82, 2.24) is 0 Å². The maximum atomic E-state index is 11.2. The number of hydrogen-bond donors (Lipinski definition) is 2. The number of nitrogens with one attached hydrogen (secondary N) is 1. The van der Waals surface area contributed by atoms with E-state index < -0.39 is 6.10 Å². The fourth-order valence-corrected chi connectivity index (χ4v) is 1.00. The molecule has 1 atom stereocenters. The number of carbonyl (C=O) groups is 1. The van der Waals surface area contributed by atoms with Gasteiger partial charge in [-0.2, -0.15) is 0 Å². The van der Waals surface area contributed by atoms with E-state index in [9.17, 15) is 4.79 Å². The van der Waals surface area contributed by atoms with Crippen molar-refractivity contribution < 1.29 is 9.90 Å². The van der Waals surface area contributed by atoms with Crippen molar-refractivity contribution >= 4 is 11.6 Å². The van der Waals surface area contributed by atoms with Crippen LogP contribution < -0.4 is 5.32 Å². The first kappa shape index (κ1) is 9.74. The third kappa shape index (κ3) is 3.71. The van der Waals surface area contributed by atoms with Gasteiger partial charge in [0.1, 0.15) is 0 Å². The molecule has 0 aliphatic rings. The summed E-state index contributed by atoms with van der Waals surface area (Å²) in [6.45, 7) is 1.59. The van der Waals surface area contributed by atoms with Crippen LogP contribution in [0.3, 0.4) is 0 Å². The van der Waals surface area contributed by atoms with Gasteiger partial charge in [0.2, 0.25) is 5.91 Å². The van der Waals surface area contributed by atoms with Crippen molar-refractivity contribution in [2.75, 3.05) is 5.32 Å². The van der Waals surface area contributed by atoms with Crippen LogP contribution in [-0.2, 0) is 4.79 Å². The monoisotopic (exact) mass is 179 g/mol. The van der Waals surface area contributed by atoms with E-state index in [4.69, 9.17) is 5.11 Å². The molecule has 1 amide bonds. The summed E-state index contributed by atoms with van der Waals surface area (Å²) in [5.74, 6) is -0.166. The number of carbonyl (C=O) groups excluding carboxylic acids is 1. The van der Waals surface area contributed by atoms with Gasteiger partial charge in [0.15, 0.2) is 0 Å². The minimum atomic E-state index is -0.594. The third-order valence-electron chi connectivity index (χ3n) is 1.54. The first-order chi connectivity index (χ1) is 6.18. The average Bonchev–Trinajstić information content (AvgIpc) is 2.04. The van der Waals surface area contributed by atoms with E-state index in [-0.39, 0.29) is 12.3 Å². The Morgan fingerprint density at radius 2 is 2.08 bits per heavy atom. The Kier molecular flexibility index (Phi) is 3.46. The van der Waals surface area contributed by atoms with E-state index in [0.29, 0.717) is 0 Å². The highest BCUT2D eigenvalue weighted by Gasteiger charge is 2.05. The highest BCUT2D eigenvalue weighted by Crippen LogP contribution is 2.05. The molecule has 1 unspecified atom stereocenters. The van der Waals surface area contributed by atoms with Crippen molar-refractivity contribution in [3.8, 4) is 0 Å². The van der Waals surface area contributed by atoms with E-state index in [0.717, 1.165) is 5.69 Å². The molecule has 3 heteroatoms. The second-order valence-corrected chi connectivity index (χ2v) is 2.97. The Labute approximate surface area is 77.4 Å². The standard InChI is InChI=1S/C10H13NO2/c1-8(12)7-10(13)11-9-5-3-2-4-6-9/h2-6,8,12H,7H2,1H3,(H,11,13). The first-order valence-electron chi connectivity index (χ1n) is 4.21. The van der Waals surface area contributed by atoms with Crippen molar-refractivity contribution in [1.29, 1.82) is 0 Å². The van der Waals surface area contributed by atoms with Gasteiger partial charge in [0, 0.05) is 5.69 Å². The molecular formula is C10H13NO2.